The van der Waals surface area contributed by atoms with Gasteiger partial charge in [-0.05, 0) is 42.5 Å². The van der Waals surface area contributed by atoms with E-state index in [1.807, 2.05) is 0 Å². The molecule has 0 atom stereocenters. The highest BCUT2D eigenvalue weighted by atomic mass is 19.4. The van der Waals surface area contributed by atoms with Gasteiger partial charge in [0.05, 0.1) is 32.0 Å². The van der Waals surface area contributed by atoms with Crippen molar-refractivity contribution < 1.29 is 41.7 Å². The number of alkyl halides is 3. The maximum Gasteiger partial charge on any atom is 0.416 e. The number of carbonyl (C=O) groups excluding carboxylic acids is 2. The summed E-state index contributed by atoms with van der Waals surface area (Å²) in [5.41, 5.74) is -0.370. The molecule has 0 saturated heterocycles. The molecule has 2 aromatic rings. The highest BCUT2D eigenvalue weighted by Crippen LogP contribution is 2.33. The second-order valence-corrected chi connectivity index (χ2v) is 6.34. The van der Waals surface area contributed by atoms with Crippen LogP contribution in [-0.4, -0.2) is 39.5 Å². The number of esters is 2. The first-order valence-corrected chi connectivity index (χ1v) is 8.95. The quantitative estimate of drug-likeness (QED) is 0.657. The summed E-state index contributed by atoms with van der Waals surface area (Å²) in [4.78, 5) is 25.8. The average Bonchev–Trinajstić information content (AvgIpc) is 2.77. The van der Waals surface area contributed by atoms with Crippen molar-refractivity contribution >= 4 is 17.6 Å². The van der Waals surface area contributed by atoms with Gasteiger partial charge < -0.3 is 23.8 Å². The van der Waals surface area contributed by atoms with Crippen LogP contribution in [0.3, 0.4) is 0 Å². The molecule has 0 aromatic heterocycles. The van der Waals surface area contributed by atoms with Crippen LogP contribution in [0.1, 0.15) is 5.56 Å². The Labute approximate surface area is 175 Å². The number of anilines is 1. The van der Waals surface area contributed by atoms with Gasteiger partial charge in [-0.2, -0.15) is 13.2 Å². The zero-order valence-electron chi connectivity index (χ0n) is 16.6. The first-order valence-electron chi connectivity index (χ1n) is 8.95. The fourth-order valence-corrected chi connectivity index (χ4v) is 2.91. The van der Waals surface area contributed by atoms with E-state index < -0.39 is 23.7 Å². The third kappa shape index (κ3) is 4.97. The lowest BCUT2D eigenvalue weighted by Crippen LogP contribution is -2.38. The minimum atomic E-state index is -4.48. The normalized spacial score (nSPS) is 14.3. The van der Waals surface area contributed by atoms with Gasteiger partial charge in [0.25, 0.3) is 0 Å². The maximum atomic E-state index is 12.9. The largest absolute Gasteiger partial charge is 0.466 e. The van der Waals surface area contributed by atoms with Crippen LogP contribution in [0, 0.1) is 0 Å². The average molecular weight is 437 g/mol. The second kappa shape index (κ2) is 9.09. The smallest absolute Gasteiger partial charge is 0.416 e. The predicted octanol–water partition coefficient (Wildman–Crippen LogP) is 3.89. The van der Waals surface area contributed by atoms with Crippen LogP contribution in [0.15, 0.2) is 59.8 Å². The third-order valence-corrected chi connectivity index (χ3v) is 4.38. The van der Waals surface area contributed by atoms with Crippen LogP contribution in [-0.2, 0) is 30.0 Å². The lowest BCUT2D eigenvalue weighted by atomic mass is 10.1. The Balaban J connectivity index is 1.86. The van der Waals surface area contributed by atoms with E-state index in [0.717, 1.165) is 12.1 Å². The number of carbonyl (C=O) groups is 2. The number of hydrogen-bond donors (Lipinski definition) is 0. The molecule has 7 nitrogen and oxygen atoms in total. The Bertz CT molecular complexity index is 1000. The van der Waals surface area contributed by atoms with E-state index >= 15 is 0 Å². The van der Waals surface area contributed by atoms with Crippen molar-refractivity contribution in [2.24, 2.45) is 0 Å². The predicted molar refractivity (Wildman–Crippen MR) is 102 cm³/mol. The van der Waals surface area contributed by atoms with Gasteiger partial charge in [0.1, 0.15) is 23.9 Å². The molecule has 1 aliphatic heterocycles. The molecule has 0 aliphatic carbocycles. The Morgan fingerprint density at radius 1 is 0.968 bits per heavy atom. The molecule has 0 unspecified atom stereocenters. The molecule has 0 N–H and O–H groups in total. The highest BCUT2D eigenvalue weighted by molar-refractivity contribution is 6.03. The van der Waals surface area contributed by atoms with Gasteiger partial charge >= 0.3 is 18.1 Å². The summed E-state index contributed by atoms with van der Waals surface area (Å²) in [5.74, 6) is -1.17. The van der Waals surface area contributed by atoms with Gasteiger partial charge in [0.2, 0.25) is 0 Å². The molecule has 0 bridgehead atoms. The van der Waals surface area contributed by atoms with Crippen LogP contribution >= 0.6 is 0 Å². The van der Waals surface area contributed by atoms with Crippen LogP contribution in [0.25, 0.3) is 0 Å². The first kappa shape index (κ1) is 22.2. The van der Waals surface area contributed by atoms with Gasteiger partial charge in [0, 0.05) is 5.69 Å². The number of hydrogen-bond acceptors (Lipinski definition) is 7. The summed E-state index contributed by atoms with van der Waals surface area (Å²) < 4.78 is 59.0. The van der Waals surface area contributed by atoms with Crippen LogP contribution in [0.5, 0.6) is 11.5 Å². The molecule has 0 fully saturated rings. The SMILES string of the molecule is COC(=O)C1=C(C(=O)OC)N(c2ccc(Oc3cccc(C(F)(F)F)c3)cc2)COC1. The molecule has 2 aromatic carbocycles. The molecule has 10 heteroatoms. The molecule has 3 rings (SSSR count). The van der Waals surface area contributed by atoms with Crippen molar-refractivity contribution in [1.29, 1.82) is 0 Å². The lowest BCUT2D eigenvalue weighted by Gasteiger charge is -2.31. The molecule has 0 spiro atoms. The molecule has 164 valence electrons. The zero-order valence-corrected chi connectivity index (χ0v) is 16.6. The number of benzene rings is 2. The number of nitrogens with zero attached hydrogens (tertiary/aromatic N) is 1. The molecular formula is C21H18F3NO6. The summed E-state index contributed by atoms with van der Waals surface area (Å²) in [6.07, 6.45) is -4.48. The molecule has 31 heavy (non-hydrogen) atoms. The third-order valence-electron chi connectivity index (χ3n) is 4.38. The van der Waals surface area contributed by atoms with E-state index in [0.29, 0.717) is 5.69 Å². The minimum Gasteiger partial charge on any atom is -0.466 e. The van der Waals surface area contributed by atoms with Crippen molar-refractivity contribution in [3.05, 3.63) is 65.4 Å². The van der Waals surface area contributed by atoms with Crippen molar-refractivity contribution in [2.45, 2.75) is 6.18 Å². The molecule has 1 heterocycles. The van der Waals surface area contributed by atoms with Crippen molar-refractivity contribution in [1.82, 2.24) is 0 Å². The van der Waals surface area contributed by atoms with Crippen LogP contribution in [0.4, 0.5) is 18.9 Å². The Morgan fingerprint density at radius 2 is 1.65 bits per heavy atom. The molecule has 1 aliphatic rings. The van der Waals surface area contributed by atoms with Gasteiger partial charge in [-0.25, -0.2) is 9.59 Å². The topological polar surface area (TPSA) is 74.3 Å². The van der Waals surface area contributed by atoms with Crippen molar-refractivity contribution in [3.8, 4) is 11.5 Å². The molecule has 0 amide bonds. The molecular weight excluding hydrogens is 419 g/mol. The fraction of sp³-hybridized carbons (Fsp3) is 0.238. The van der Waals surface area contributed by atoms with Gasteiger partial charge in [-0.3, -0.25) is 0 Å². The van der Waals surface area contributed by atoms with E-state index in [1.165, 1.54) is 43.4 Å². The Hall–Kier alpha value is -3.53. The van der Waals surface area contributed by atoms with E-state index in [4.69, 9.17) is 18.9 Å². The first-order chi connectivity index (χ1) is 14.7. The molecule has 0 saturated carbocycles. The van der Waals surface area contributed by atoms with Gasteiger partial charge in [0.15, 0.2) is 0 Å². The monoisotopic (exact) mass is 437 g/mol. The Kier molecular flexibility index (Phi) is 6.50. The summed E-state index contributed by atoms with van der Waals surface area (Å²) in [6, 6.07) is 10.7. The number of methoxy groups -OCH3 is 2. The second-order valence-electron chi connectivity index (χ2n) is 6.34. The van der Waals surface area contributed by atoms with Gasteiger partial charge in [-0.1, -0.05) is 6.07 Å². The van der Waals surface area contributed by atoms with E-state index in [-0.39, 0.29) is 36.1 Å². The highest BCUT2D eigenvalue weighted by Gasteiger charge is 2.33. The van der Waals surface area contributed by atoms with E-state index in [9.17, 15) is 22.8 Å². The van der Waals surface area contributed by atoms with Crippen LogP contribution < -0.4 is 9.64 Å². The standard InChI is InChI=1S/C21H18F3NO6/c1-28-19(26)17-11-30-12-25(18(17)20(27)29-2)14-6-8-15(9-7-14)31-16-5-3-4-13(10-16)21(22,23)24/h3-10H,11-12H2,1-2H3. The minimum absolute atomic E-state index is 0.00453. The Morgan fingerprint density at radius 3 is 2.26 bits per heavy atom. The van der Waals surface area contributed by atoms with Crippen LogP contribution in [0.2, 0.25) is 0 Å². The summed E-state index contributed by atoms with van der Waals surface area (Å²) in [6.45, 7) is -0.150. The van der Waals surface area contributed by atoms with E-state index in [1.54, 1.807) is 12.1 Å². The number of rotatable bonds is 5. The number of ether oxygens (including phenoxy) is 4. The zero-order chi connectivity index (χ0) is 22.6. The summed E-state index contributed by atoms with van der Waals surface area (Å²) >= 11 is 0. The maximum absolute atomic E-state index is 12.9. The fourth-order valence-electron chi connectivity index (χ4n) is 2.91. The van der Waals surface area contributed by atoms with E-state index in [2.05, 4.69) is 0 Å². The lowest BCUT2D eigenvalue weighted by molar-refractivity contribution is -0.140. The van der Waals surface area contributed by atoms with Crippen molar-refractivity contribution in [3.63, 3.8) is 0 Å². The molecule has 0 radical (unpaired) electrons. The van der Waals surface area contributed by atoms with Crippen molar-refractivity contribution in [2.75, 3.05) is 32.5 Å². The van der Waals surface area contributed by atoms with Gasteiger partial charge in [-0.15, -0.1) is 0 Å². The number of halogens is 3. The summed E-state index contributed by atoms with van der Waals surface area (Å²) in [5, 5.41) is 0. The summed E-state index contributed by atoms with van der Waals surface area (Å²) in [7, 11) is 2.37.